The number of benzene rings is 2. The molecule has 2 aliphatic heterocycles. The molecule has 2 aliphatic rings. The zero-order chi connectivity index (χ0) is 31.4. The van der Waals surface area contributed by atoms with Crippen LogP contribution in [0.2, 0.25) is 0 Å². The zero-order valence-corrected chi connectivity index (χ0v) is 24.6. The van der Waals surface area contributed by atoms with Gasteiger partial charge in [-0.2, -0.15) is 0 Å². The quantitative estimate of drug-likeness (QED) is 0.195. The molecule has 9 atom stereocenters. The van der Waals surface area contributed by atoms with Crippen LogP contribution in [0.5, 0.6) is 34.5 Å². The van der Waals surface area contributed by atoms with E-state index in [-0.39, 0.29) is 47.7 Å². The number of aromatic hydroxyl groups is 2. The van der Waals surface area contributed by atoms with Crippen molar-refractivity contribution in [3.05, 3.63) is 35.4 Å². The van der Waals surface area contributed by atoms with E-state index in [9.17, 15) is 30.6 Å². The third-order valence-corrected chi connectivity index (χ3v) is 8.01. The summed E-state index contributed by atoms with van der Waals surface area (Å²) < 4.78 is 45.2. The number of rotatable bonds is 12. The smallest absolute Gasteiger partial charge is 0.200 e. The zero-order valence-electron chi connectivity index (χ0n) is 24.6. The minimum Gasteiger partial charge on any atom is -0.502 e. The summed E-state index contributed by atoms with van der Waals surface area (Å²) in [7, 11) is 7.16. The van der Waals surface area contributed by atoms with Gasteiger partial charge in [-0.05, 0) is 35.4 Å². The number of aliphatic hydroxyl groups excluding tert-OH is 4. The van der Waals surface area contributed by atoms with E-state index >= 15 is 0 Å². The molecule has 0 bridgehead atoms. The van der Waals surface area contributed by atoms with Crippen molar-refractivity contribution in [2.75, 3.05) is 55.4 Å². The van der Waals surface area contributed by atoms with Crippen molar-refractivity contribution in [2.45, 2.75) is 42.9 Å². The molecular formula is C29H40O14. The Morgan fingerprint density at radius 3 is 1.81 bits per heavy atom. The van der Waals surface area contributed by atoms with Crippen LogP contribution in [0, 0.1) is 11.8 Å². The van der Waals surface area contributed by atoms with E-state index in [0.29, 0.717) is 11.1 Å². The summed E-state index contributed by atoms with van der Waals surface area (Å²) in [5.74, 6) is -0.613. The van der Waals surface area contributed by atoms with Crippen molar-refractivity contribution >= 4 is 0 Å². The SMILES string of the molecule is COc1cc([C@H]2OC[C@H]([C@H](OC)c3cc(OC)c(O)c(OC)c3)[C@H]2CO[C@@H]2O[C@H](CO)[C@@H](O)[C@H](O)[C@H]2O)cc(OC)c1O. The topological polar surface area (TPSA) is 195 Å². The van der Waals surface area contributed by atoms with Crippen molar-refractivity contribution in [2.24, 2.45) is 11.8 Å². The minimum atomic E-state index is -1.61. The number of methoxy groups -OCH3 is 5. The Hall–Kier alpha value is -3.08. The van der Waals surface area contributed by atoms with E-state index in [1.807, 2.05) is 0 Å². The molecule has 0 saturated carbocycles. The summed E-state index contributed by atoms with van der Waals surface area (Å²) in [6, 6.07) is 6.48. The highest BCUT2D eigenvalue weighted by Crippen LogP contribution is 2.50. The Balaban J connectivity index is 1.72. The van der Waals surface area contributed by atoms with Crippen molar-refractivity contribution < 1.29 is 68.5 Å². The Morgan fingerprint density at radius 1 is 0.791 bits per heavy atom. The Labute approximate surface area is 248 Å². The summed E-state index contributed by atoms with van der Waals surface area (Å²) in [5.41, 5.74) is 1.20. The molecule has 0 radical (unpaired) electrons. The van der Waals surface area contributed by atoms with Crippen molar-refractivity contribution in [3.63, 3.8) is 0 Å². The first-order valence-corrected chi connectivity index (χ1v) is 13.6. The van der Waals surface area contributed by atoms with Crippen LogP contribution in [0.15, 0.2) is 24.3 Å². The third kappa shape index (κ3) is 6.42. The number of phenolic OH excluding ortho intramolecular Hbond substituents is 2. The lowest BCUT2D eigenvalue weighted by Crippen LogP contribution is -2.59. The Morgan fingerprint density at radius 2 is 1.33 bits per heavy atom. The molecule has 0 amide bonds. The highest BCUT2D eigenvalue weighted by Gasteiger charge is 2.47. The lowest BCUT2D eigenvalue weighted by atomic mass is 9.82. The first-order chi connectivity index (χ1) is 20.6. The van der Waals surface area contributed by atoms with Gasteiger partial charge >= 0.3 is 0 Å². The summed E-state index contributed by atoms with van der Waals surface area (Å²) >= 11 is 0. The minimum absolute atomic E-state index is 0.101. The fourth-order valence-electron chi connectivity index (χ4n) is 5.68. The van der Waals surface area contributed by atoms with E-state index < -0.39 is 61.4 Å². The fourth-order valence-corrected chi connectivity index (χ4v) is 5.68. The van der Waals surface area contributed by atoms with E-state index in [0.717, 1.165) is 0 Å². The van der Waals surface area contributed by atoms with Crippen LogP contribution in [0.25, 0.3) is 0 Å². The maximum absolute atomic E-state index is 10.6. The molecule has 0 spiro atoms. The molecule has 240 valence electrons. The lowest BCUT2D eigenvalue weighted by Gasteiger charge is -2.40. The Bertz CT molecular complexity index is 1170. The molecule has 2 fully saturated rings. The molecule has 14 heteroatoms. The molecule has 2 aromatic rings. The first-order valence-electron chi connectivity index (χ1n) is 13.6. The number of phenols is 2. The van der Waals surface area contributed by atoms with Gasteiger partial charge in [-0.25, -0.2) is 0 Å². The standard InChI is InChI=1S/C29H40O14/c1-36-17-6-13(7-18(37-2)22(17)31)27(40-5)15-11-41-28(14-8-19(38-3)23(32)20(9-14)39-4)16(15)12-42-29-26(35)25(34)24(33)21(10-30)43-29/h6-9,15-16,21,24-35H,10-12H2,1-5H3/t15-,16+,21+,24+,25-,26+,27+,28+,29+/m0/s1. The van der Waals surface area contributed by atoms with Crippen LogP contribution in [0.4, 0.5) is 0 Å². The molecule has 0 aromatic heterocycles. The summed E-state index contributed by atoms with van der Waals surface area (Å²) in [5, 5.41) is 61.6. The van der Waals surface area contributed by atoms with E-state index in [1.165, 1.54) is 35.5 Å². The number of ether oxygens (including phenoxy) is 8. The Kier molecular flexibility index (Phi) is 10.8. The van der Waals surface area contributed by atoms with E-state index in [2.05, 4.69) is 0 Å². The monoisotopic (exact) mass is 612 g/mol. The molecular weight excluding hydrogens is 572 g/mol. The normalized spacial score (nSPS) is 29.7. The second-order valence-corrected chi connectivity index (χ2v) is 10.3. The highest BCUT2D eigenvalue weighted by atomic mass is 16.7. The van der Waals surface area contributed by atoms with Crippen LogP contribution in [0.1, 0.15) is 23.3 Å². The molecule has 0 unspecified atom stereocenters. The number of hydrogen-bond donors (Lipinski definition) is 6. The molecule has 2 heterocycles. The summed E-state index contributed by atoms with van der Waals surface area (Å²) in [6.07, 6.45) is -8.59. The van der Waals surface area contributed by atoms with Crippen LogP contribution in [-0.4, -0.2) is 117 Å². The average Bonchev–Trinajstić information content (AvgIpc) is 3.43. The van der Waals surface area contributed by atoms with Gasteiger partial charge in [0.2, 0.25) is 11.5 Å². The van der Waals surface area contributed by atoms with Crippen LogP contribution >= 0.6 is 0 Å². The van der Waals surface area contributed by atoms with E-state index in [1.54, 1.807) is 24.3 Å². The predicted molar refractivity (Wildman–Crippen MR) is 148 cm³/mol. The van der Waals surface area contributed by atoms with Gasteiger partial charge in [0.15, 0.2) is 29.3 Å². The van der Waals surface area contributed by atoms with Crippen LogP contribution in [0.3, 0.4) is 0 Å². The van der Waals surface area contributed by atoms with Gasteiger partial charge in [-0.15, -0.1) is 0 Å². The van der Waals surface area contributed by atoms with Gasteiger partial charge in [0.05, 0.1) is 60.5 Å². The van der Waals surface area contributed by atoms with Crippen LogP contribution in [-0.2, 0) is 18.9 Å². The second-order valence-electron chi connectivity index (χ2n) is 10.3. The van der Waals surface area contributed by atoms with Gasteiger partial charge in [0.25, 0.3) is 0 Å². The third-order valence-electron chi connectivity index (χ3n) is 8.01. The van der Waals surface area contributed by atoms with Gasteiger partial charge < -0.3 is 68.5 Å². The molecule has 0 aliphatic carbocycles. The van der Waals surface area contributed by atoms with Gasteiger partial charge in [-0.1, -0.05) is 0 Å². The van der Waals surface area contributed by atoms with Crippen LogP contribution < -0.4 is 18.9 Å². The molecule has 2 saturated heterocycles. The second kappa shape index (κ2) is 14.1. The van der Waals surface area contributed by atoms with Gasteiger partial charge in [-0.3, -0.25) is 0 Å². The fraction of sp³-hybridized carbons (Fsp3) is 0.586. The first kappa shape index (κ1) is 32.8. The maximum atomic E-state index is 10.6. The van der Waals surface area contributed by atoms with Crippen molar-refractivity contribution in [1.29, 1.82) is 0 Å². The maximum Gasteiger partial charge on any atom is 0.200 e. The largest absolute Gasteiger partial charge is 0.502 e. The predicted octanol–water partition coefficient (Wildman–Crippen LogP) is 0.640. The van der Waals surface area contributed by atoms with Crippen molar-refractivity contribution in [1.82, 2.24) is 0 Å². The number of aliphatic hydroxyl groups is 4. The molecule has 43 heavy (non-hydrogen) atoms. The summed E-state index contributed by atoms with van der Waals surface area (Å²) in [6.45, 7) is -0.537. The highest BCUT2D eigenvalue weighted by molar-refractivity contribution is 5.54. The molecule has 2 aromatic carbocycles. The lowest BCUT2D eigenvalue weighted by molar-refractivity contribution is -0.304. The average molecular weight is 613 g/mol. The number of hydrogen-bond acceptors (Lipinski definition) is 14. The summed E-state index contributed by atoms with van der Waals surface area (Å²) in [4.78, 5) is 0. The van der Waals surface area contributed by atoms with Crippen molar-refractivity contribution in [3.8, 4) is 34.5 Å². The molecule has 6 N–H and O–H groups in total. The van der Waals surface area contributed by atoms with E-state index in [4.69, 9.17) is 37.9 Å². The van der Waals surface area contributed by atoms with Gasteiger partial charge in [0.1, 0.15) is 24.4 Å². The molecule has 4 rings (SSSR count). The van der Waals surface area contributed by atoms with Gasteiger partial charge in [0, 0.05) is 18.9 Å². The molecule has 14 nitrogen and oxygen atoms in total.